The monoisotopic (exact) mass is 284 g/mol. The van der Waals surface area contributed by atoms with Crippen LogP contribution in [0.1, 0.15) is 98.8 Å². The van der Waals surface area contributed by atoms with Gasteiger partial charge in [-0.25, -0.2) is 0 Å². The standard InChI is InChI=1S/C18H40N2/c1-6-9-11-12-13-15-16(14-10-7-2)20-18(4,5)17(19)8-3/h16-17,20H,6-15,19H2,1-5H3. The topological polar surface area (TPSA) is 38.0 Å². The Balaban J connectivity index is 4.19. The molecule has 0 aliphatic heterocycles. The summed E-state index contributed by atoms with van der Waals surface area (Å²) in [5.41, 5.74) is 6.31. The largest absolute Gasteiger partial charge is 0.326 e. The summed E-state index contributed by atoms with van der Waals surface area (Å²) < 4.78 is 0. The van der Waals surface area contributed by atoms with E-state index in [2.05, 4.69) is 39.9 Å². The van der Waals surface area contributed by atoms with Gasteiger partial charge in [0.1, 0.15) is 0 Å². The van der Waals surface area contributed by atoms with Crippen LogP contribution in [-0.4, -0.2) is 17.6 Å². The van der Waals surface area contributed by atoms with Gasteiger partial charge in [-0.2, -0.15) is 0 Å². The van der Waals surface area contributed by atoms with Crippen molar-refractivity contribution in [1.29, 1.82) is 0 Å². The second kappa shape index (κ2) is 11.6. The fourth-order valence-electron chi connectivity index (χ4n) is 2.88. The summed E-state index contributed by atoms with van der Waals surface area (Å²) in [5, 5.41) is 3.84. The van der Waals surface area contributed by atoms with Crippen LogP contribution in [0.25, 0.3) is 0 Å². The van der Waals surface area contributed by atoms with E-state index in [1.807, 2.05) is 0 Å². The molecule has 0 saturated heterocycles. The first-order valence-electron chi connectivity index (χ1n) is 9.01. The van der Waals surface area contributed by atoms with Crippen molar-refractivity contribution in [2.75, 3.05) is 0 Å². The molecule has 0 amide bonds. The average molecular weight is 285 g/mol. The lowest BCUT2D eigenvalue weighted by molar-refractivity contribution is 0.255. The highest BCUT2D eigenvalue weighted by molar-refractivity contribution is 4.91. The van der Waals surface area contributed by atoms with E-state index in [4.69, 9.17) is 5.73 Å². The molecular weight excluding hydrogens is 244 g/mol. The third-order valence-corrected chi connectivity index (χ3v) is 4.51. The second-order valence-corrected chi connectivity index (χ2v) is 6.92. The molecule has 0 heterocycles. The molecule has 0 aromatic heterocycles. The van der Waals surface area contributed by atoms with E-state index in [9.17, 15) is 0 Å². The number of unbranched alkanes of at least 4 members (excludes halogenated alkanes) is 5. The highest BCUT2D eigenvalue weighted by atomic mass is 15.0. The quantitative estimate of drug-likeness (QED) is 0.466. The van der Waals surface area contributed by atoms with Crippen molar-refractivity contribution in [2.24, 2.45) is 5.73 Å². The number of hydrogen-bond donors (Lipinski definition) is 2. The van der Waals surface area contributed by atoms with E-state index in [-0.39, 0.29) is 11.6 Å². The molecule has 3 N–H and O–H groups in total. The van der Waals surface area contributed by atoms with Crippen LogP contribution in [0.3, 0.4) is 0 Å². The van der Waals surface area contributed by atoms with Crippen molar-refractivity contribution in [2.45, 2.75) is 116 Å². The molecule has 0 radical (unpaired) electrons. The molecule has 0 rings (SSSR count). The predicted octanol–water partition coefficient (Wildman–Crippen LogP) is 5.01. The molecule has 20 heavy (non-hydrogen) atoms. The Hall–Kier alpha value is -0.0800. The zero-order chi connectivity index (χ0) is 15.4. The van der Waals surface area contributed by atoms with Crippen molar-refractivity contribution in [1.82, 2.24) is 5.32 Å². The average Bonchev–Trinajstić information content (AvgIpc) is 2.42. The molecule has 0 bridgehead atoms. The van der Waals surface area contributed by atoms with Crippen molar-refractivity contribution in [3.05, 3.63) is 0 Å². The normalized spacial score (nSPS) is 15.3. The van der Waals surface area contributed by atoms with E-state index in [1.54, 1.807) is 0 Å². The van der Waals surface area contributed by atoms with E-state index >= 15 is 0 Å². The zero-order valence-electron chi connectivity index (χ0n) is 14.8. The molecule has 0 aliphatic carbocycles. The van der Waals surface area contributed by atoms with Crippen LogP contribution in [0.15, 0.2) is 0 Å². The highest BCUT2D eigenvalue weighted by Gasteiger charge is 2.27. The lowest BCUT2D eigenvalue weighted by Gasteiger charge is -2.36. The fourth-order valence-corrected chi connectivity index (χ4v) is 2.88. The summed E-state index contributed by atoms with van der Waals surface area (Å²) >= 11 is 0. The molecule has 122 valence electrons. The van der Waals surface area contributed by atoms with Crippen LogP contribution in [0.5, 0.6) is 0 Å². The van der Waals surface area contributed by atoms with Gasteiger partial charge in [0.25, 0.3) is 0 Å². The van der Waals surface area contributed by atoms with Gasteiger partial charge in [0, 0.05) is 17.6 Å². The molecule has 0 aromatic carbocycles. The SMILES string of the molecule is CCCCCCCC(CCCC)NC(C)(C)C(N)CC. The van der Waals surface area contributed by atoms with E-state index in [0.717, 1.165) is 6.42 Å². The maximum absolute atomic E-state index is 6.26. The molecule has 0 saturated carbocycles. The first-order chi connectivity index (χ1) is 9.47. The minimum absolute atomic E-state index is 0.0522. The van der Waals surface area contributed by atoms with Crippen LogP contribution in [0.2, 0.25) is 0 Å². The molecular formula is C18H40N2. The van der Waals surface area contributed by atoms with Gasteiger partial charge in [0.15, 0.2) is 0 Å². The van der Waals surface area contributed by atoms with Crippen LogP contribution in [0, 0.1) is 0 Å². The fraction of sp³-hybridized carbons (Fsp3) is 1.00. The smallest absolute Gasteiger partial charge is 0.0278 e. The van der Waals surface area contributed by atoms with Crippen molar-refractivity contribution in [3.8, 4) is 0 Å². The Morgan fingerprint density at radius 3 is 1.95 bits per heavy atom. The lowest BCUT2D eigenvalue weighted by Crippen LogP contribution is -2.56. The molecule has 0 fully saturated rings. The summed E-state index contributed by atoms with van der Waals surface area (Å²) in [6, 6.07) is 0.885. The lowest BCUT2D eigenvalue weighted by atomic mass is 9.90. The maximum atomic E-state index is 6.26. The summed E-state index contributed by atoms with van der Waals surface area (Å²) in [7, 11) is 0. The molecule has 0 spiro atoms. The molecule has 2 heteroatoms. The van der Waals surface area contributed by atoms with E-state index in [0.29, 0.717) is 6.04 Å². The van der Waals surface area contributed by atoms with Crippen LogP contribution in [-0.2, 0) is 0 Å². The number of nitrogens with two attached hydrogens (primary N) is 1. The van der Waals surface area contributed by atoms with Gasteiger partial charge in [-0.1, -0.05) is 65.7 Å². The van der Waals surface area contributed by atoms with Gasteiger partial charge in [-0.15, -0.1) is 0 Å². The van der Waals surface area contributed by atoms with Gasteiger partial charge < -0.3 is 11.1 Å². The predicted molar refractivity (Wildman–Crippen MR) is 92.2 cm³/mol. The number of rotatable bonds is 13. The summed E-state index contributed by atoms with van der Waals surface area (Å²) in [5.74, 6) is 0. The zero-order valence-corrected chi connectivity index (χ0v) is 14.8. The second-order valence-electron chi connectivity index (χ2n) is 6.92. The third-order valence-electron chi connectivity index (χ3n) is 4.51. The molecule has 2 atom stereocenters. The van der Waals surface area contributed by atoms with Gasteiger partial charge in [0.2, 0.25) is 0 Å². The minimum atomic E-state index is 0.0522. The first-order valence-corrected chi connectivity index (χ1v) is 9.01. The van der Waals surface area contributed by atoms with Crippen molar-refractivity contribution >= 4 is 0 Å². The first kappa shape index (κ1) is 19.9. The summed E-state index contributed by atoms with van der Waals surface area (Å²) in [6.07, 6.45) is 13.1. The van der Waals surface area contributed by atoms with Gasteiger partial charge in [-0.05, 0) is 33.1 Å². The minimum Gasteiger partial charge on any atom is -0.326 e. The van der Waals surface area contributed by atoms with Gasteiger partial charge in [-0.3, -0.25) is 0 Å². The number of hydrogen-bond acceptors (Lipinski definition) is 2. The molecule has 0 aromatic rings. The summed E-state index contributed by atoms with van der Waals surface area (Å²) in [4.78, 5) is 0. The Bertz CT molecular complexity index is 213. The Morgan fingerprint density at radius 1 is 0.850 bits per heavy atom. The molecule has 0 aliphatic rings. The van der Waals surface area contributed by atoms with E-state index in [1.165, 1.54) is 57.8 Å². The van der Waals surface area contributed by atoms with Gasteiger partial charge >= 0.3 is 0 Å². The Morgan fingerprint density at radius 2 is 1.40 bits per heavy atom. The van der Waals surface area contributed by atoms with Crippen molar-refractivity contribution in [3.63, 3.8) is 0 Å². The van der Waals surface area contributed by atoms with E-state index < -0.39 is 0 Å². The molecule has 2 unspecified atom stereocenters. The van der Waals surface area contributed by atoms with Crippen molar-refractivity contribution < 1.29 is 0 Å². The Kier molecular flexibility index (Phi) is 11.5. The van der Waals surface area contributed by atoms with Crippen LogP contribution >= 0.6 is 0 Å². The van der Waals surface area contributed by atoms with Gasteiger partial charge in [0.05, 0.1) is 0 Å². The maximum Gasteiger partial charge on any atom is 0.0278 e. The van der Waals surface area contributed by atoms with Crippen LogP contribution < -0.4 is 11.1 Å². The Labute approximate surface area is 128 Å². The third kappa shape index (κ3) is 8.97. The molecule has 2 nitrogen and oxygen atoms in total. The highest BCUT2D eigenvalue weighted by Crippen LogP contribution is 2.17. The summed E-state index contributed by atoms with van der Waals surface area (Å²) in [6.45, 7) is 11.3. The number of nitrogens with one attached hydrogen (secondary N) is 1. The van der Waals surface area contributed by atoms with Crippen LogP contribution in [0.4, 0.5) is 0 Å².